The van der Waals surface area contributed by atoms with Gasteiger partial charge in [0.15, 0.2) is 17.0 Å². The van der Waals surface area contributed by atoms with E-state index in [9.17, 15) is 26.7 Å². The highest BCUT2D eigenvalue weighted by Crippen LogP contribution is 2.72. The molecule has 0 amide bonds. The molecule has 2 heterocycles. The predicted molar refractivity (Wildman–Crippen MR) is 155 cm³/mol. The molecule has 3 aromatic rings. The summed E-state index contributed by atoms with van der Waals surface area (Å²) in [7, 11) is -7.69. The SMILES string of the molecule is O=P1(C(Cc2ccc(F)c(OCCCOc3ccc(-c4ccc(C(F)(F)F)cc4)cc3)c2)P2(=O)OCCCO2)OCCCO1. The Kier molecular flexibility index (Phi) is 10.5. The smallest absolute Gasteiger partial charge is 0.416 e. The number of benzene rings is 3. The first-order valence-electron chi connectivity index (χ1n) is 14.2. The van der Waals surface area contributed by atoms with Gasteiger partial charge in [0, 0.05) is 6.42 Å². The van der Waals surface area contributed by atoms with E-state index in [1.807, 2.05) is 0 Å². The number of hydrogen-bond donors (Lipinski definition) is 0. The summed E-state index contributed by atoms with van der Waals surface area (Å²) in [6.07, 6.45) is -2.93. The van der Waals surface area contributed by atoms with Crippen molar-refractivity contribution >= 4 is 15.2 Å². The Labute approximate surface area is 252 Å². The summed E-state index contributed by atoms with van der Waals surface area (Å²) < 4.78 is 113. The zero-order valence-corrected chi connectivity index (χ0v) is 25.5. The fraction of sp³-hybridized carbons (Fsp3) is 0.400. The topological polar surface area (TPSA) is 89.5 Å². The minimum atomic E-state index is -4.39. The van der Waals surface area contributed by atoms with E-state index in [0.717, 1.165) is 17.7 Å². The van der Waals surface area contributed by atoms with Crippen LogP contribution in [0.3, 0.4) is 0 Å². The minimum absolute atomic E-state index is 0.0327. The van der Waals surface area contributed by atoms with Gasteiger partial charge in [-0.25, -0.2) is 4.39 Å². The zero-order valence-electron chi connectivity index (χ0n) is 23.7. The van der Waals surface area contributed by atoms with Gasteiger partial charge in [0.25, 0.3) is 0 Å². The van der Waals surface area contributed by atoms with Crippen LogP contribution in [0.2, 0.25) is 0 Å². The van der Waals surface area contributed by atoms with E-state index >= 15 is 0 Å². The third kappa shape index (κ3) is 8.10. The summed E-state index contributed by atoms with van der Waals surface area (Å²) in [6.45, 7) is 1.16. The molecule has 0 spiro atoms. The minimum Gasteiger partial charge on any atom is -0.493 e. The predicted octanol–water partition coefficient (Wildman–Crippen LogP) is 8.49. The van der Waals surface area contributed by atoms with Gasteiger partial charge < -0.3 is 27.6 Å². The van der Waals surface area contributed by atoms with E-state index < -0.39 is 38.1 Å². The number of halogens is 4. The van der Waals surface area contributed by atoms with E-state index in [1.54, 1.807) is 24.3 Å². The molecule has 0 unspecified atom stereocenters. The first-order valence-corrected chi connectivity index (χ1v) is 17.4. The van der Waals surface area contributed by atoms with E-state index in [2.05, 4.69) is 0 Å². The van der Waals surface area contributed by atoms with Crippen molar-refractivity contribution in [1.82, 2.24) is 0 Å². The number of ether oxygens (including phenoxy) is 2. The molecule has 0 saturated carbocycles. The molecular formula is C30H32F4O8P2. The van der Waals surface area contributed by atoms with Crippen molar-refractivity contribution in [1.29, 1.82) is 0 Å². The second kappa shape index (κ2) is 14.1. The van der Waals surface area contributed by atoms with Crippen molar-refractivity contribution in [2.75, 3.05) is 39.6 Å². The van der Waals surface area contributed by atoms with Crippen LogP contribution in [0.1, 0.15) is 30.4 Å². The molecule has 2 aliphatic rings. The number of rotatable bonds is 11. The second-order valence-electron chi connectivity index (χ2n) is 10.2. The normalized spacial score (nSPS) is 18.2. The molecular weight excluding hydrogens is 626 g/mol. The molecule has 0 bridgehead atoms. The molecule has 2 aliphatic heterocycles. The van der Waals surface area contributed by atoms with Gasteiger partial charge in [-0.2, -0.15) is 13.2 Å². The molecule has 2 saturated heterocycles. The average molecular weight is 659 g/mol. The van der Waals surface area contributed by atoms with Gasteiger partial charge >= 0.3 is 21.4 Å². The van der Waals surface area contributed by atoms with Crippen LogP contribution >= 0.6 is 15.2 Å². The Morgan fingerprint density at radius 1 is 0.727 bits per heavy atom. The molecule has 3 aromatic carbocycles. The highest BCUT2D eigenvalue weighted by molar-refractivity contribution is 7.72. The van der Waals surface area contributed by atoms with Crippen LogP contribution in [0.4, 0.5) is 17.6 Å². The first kappa shape index (κ1) is 32.7. The van der Waals surface area contributed by atoms with Crippen LogP contribution in [0.25, 0.3) is 11.1 Å². The molecule has 0 atom stereocenters. The van der Waals surface area contributed by atoms with E-state index in [1.165, 1.54) is 30.3 Å². The highest BCUT2D eigenvalue weighted by Gasteiger charge is 2.52. The summed E-state index contributed by atoms with van der Waals surface area (Å²) in [5.41, 5.74) is 1.17. The summed E-state index contributed by atoms with van der Waals surface area (Å²) in [4.78, 5) is 0. The maximum Gasteiger partial charge on any atom is 0.416 e. The average Bonchev–Trinajstić information content (AvgIpc) is 3.01. The maximum atomic E-state index is 14.6. The van der Waals surface area contributed by atoms with Crippen molar-refractivity contribution in [3.63, 3.8) is 0 Å². The lowest BCUT2D eigenvalue weighted by atomic mass is 10.0. The lowest BCUT2D eigenvalue weighted by Crippen LogP contribution is -2.25. The van der Waals surface area contributed by atoms with Crippen LogP contribution in [-0.2, 0) is 39.8 Å². The summed E-state index contributed by atoms with van der Waals surface area (Å²) in [5, 5.41) is -1.20. The van der Waals surface area contributed by atoms with Crippen molar-refractivity contribution in [2.45, 2.75) is 37.3 Å². The molecule has 0 aromatic heterocycles. The largest absolute Gasteiger partial charge is 0.493 e. The van der Waals surface area contributed by atoms with Gasteiger partial charge in [0.2, 0.25) is 0 Å². The van der Waals surface area contributed by atoms with Gasteiger partial charge in [-0.3, -0.25) is 9.13 Å². The fourth-order valence-corrected chi connectivity index (χ4v) is 10.1. The van der Waals surface area contributed by atoms with Crippen LogP contribution in [0, 0.1) is 5.82 Å². The lowest BCUT2D eigenvalue weighted by molar-refractivity contribution is -0.137. The summed E-state index contributed by atoms with van der Waals surface area (Å²) in [5.74, 6) is -0.0720. The van der Waals surface area contributed by atoms with Crippen molar-refractivity contribution in [2.24, 2.45) is 0 Å². The monoisotopic (exact) mass is 658 g/mol. The lowest BCUT2D eigenvalue weighted by Gasteiger charge is -2.35. The van der Waals surface area contributed by atoms with Crippen molar-refractivity contribution in [3.8, 4) is 22.6 Å². The van der Waals surface area contributed by atoms with Gasteiger partial charge in [-0.1, -0.05) is 30.3 Å². The summed E-state index contributed by atoms with van der Waals surface area (Å²) in [6, 6.07) is 16.0. The summed E-state index contributed by atoms with van der Waals surface area (Å²) >= 11 is 0. The fourth-order valence-electron chi connectivity index (χ4n) is 4.72. The Hall–Kier alpha value is -2.72. The molecule has 238 valence electrons. The second-order valence-corrected chi connectivity index (χ2v) is 15.1. The molecule has 8 nitrogen and oxygen atoms in total. The molecule has 14 heteroatoms. The third-order valence-corrected chi connectivity index (χ3v) is 12.7. The van der Waals surface area contributed by atoms with Crippen molar-refractivity contribution in [3.05, 3.63) is 83.7 Å². The van der Waals surface area contributed by atoms with E-state index in [-0.39, 0.29) is 51.8 Å². The van der Waals surface area contributed by atoms with Gasteiger partial charge in [-0.15, -0.1) is 0 Å². The molecule has 44 heavy (non-hydrogen) atoms. The maximum absolute atomic E-state index is 14.6. The van der Waals surface area contributed by atoms with E-state index in [0.29, 0.717) is 36.1 Å². The van der Waals surface area contributed by atoms with Crippen LogP contribution in [0.5, 0.6) is 11.5 Å². The highest BCUT2D eigenvalue weighted by atomic mass is 31.2. The standard InChI is InChI=1S/C30H32F4O8P2/c31-27-13-4-22(21-29(43(35)39-16-2-17-40-43)44(36)41-18-3-19-42-44)20-28(27)38-15-1-14-37-26-11-7-24(8-12-26)23-5-9-25(10-6-23)30(32,33)34/h4-13,20,29H,1-3,14-19,21H2. The Balaban J connectivity index is 1.15. The molecule has 0 radical (unpaired) electrons. The van der Waals surface area contributed by atoms with E-state index in [4.69, 9.17) is 27.6 Å². The van der Waals surface area contributed by atoms with Crippen LogP contribution in [-0.4, -0.2) is 45.0 Å². The van der Waals surface area contributed by atoms with Crippen molar-refractivity contribution < 1.29 is 54.3 Å². The van der Waals surface area contributed by atoms with Gasteiger partial charge in [0.1, 0.15) is 5.75 Å². The molecule has 2 fully saturated rings. The van der Waals surface area contributed by atoms with Crippen LogP contribution < -0.4 is 9.47 Å². The Morgan fingerprint density at radius 3 is 1.80 bits per heavy atom. The Morgan fingerprint density at radius 2 is 1.25 bits per heavy atom. The molecule has 0 aliphatic carbocycles. The van der Waals surface area contributed by atoms with Gasteiger partial charge in [-0.05, 0) is 72.4 Å². The van der Waals surface area contributed by atoms with Gasteiger partial charge in [0.05, 0.1) is 45.2 Å². The Bertz CT molecular complexity index is 1450. The quantitative estimate of drug-likeness (QED) is 0.115. The number of hydrogen-bond acceptors (Lipinski definition) is 8. The van der Waals surface area contributed by atoms with Crippen LogP contribution in [0.15, 0.2) is 66.7 Å². The third-order valence-electron chi connectivity index (χ3n) is 7.02. The molecule has 0 N–H and O–H groups in total. The zero-order chi connectivity index (χ0) is 31.2. The first-order chi connectivity index (χ1) is 21.1. The number of alkyl halides is 3. The molecule has 5 rings (SSSR count).